The lowest BCUT2D eigenvalue weighted by Crippen LogP contribution is -2.55. The molecule has 200 valence electrons. The van der Waals surface area contributed by atoms with Crippen molar-refractivity contribution in [2.75, 3.05) is 29.4 Å². The summed E-state index contributed by atoms with van der Waals surface area (Å²) in [5, 5.41) is 10.9. The number of amides is 2. The Morgan fingerprint density at radius 1 is 1.14 bits per heavy atom. The zero-order valence-corrected chi connectivity index (χ0v) is 22.1. The molecule has 1 fully saturated rings. The van der Waals surface area contributed by atoms with Crippen LogP contribution in [0.15, 0.2) is 36.5 Å². The lowest BCUT2D eigenvalue weighted by molar-refractivity contribution is -0.120. The smallest absolute Gasteiger partial charge is 0.410 e. The quantitative estimate of drug-likeness (QED) is 0.659. The van der Waals surface area contributed by atoms with E-state index in [1.54, 1.807) is 17.9 Å². The third-order valence-electron chi connectivity index (χ3n) is 6.70. The molecule has 1 N–H and O–H groups in total. The lowest BCUT2D eigenvalue weighted by Gasteiger charge is -2.44. The summed E-state index contributed by atoms with van der Waals surface area (Å²) in [4.78, 5) is 34.4. The fourth-order valence-corrected chi connectivity index (χ4v) is 4.88. The summed E-state index contributed by atoms with van der Waals surface area (Å²) in [5.74, 6) is -1.03. The molecular weight excluding hydrogens is 479 g/mol. The molecule has 0 radical (unpaired) electrons. The molecule has 2 amide bonds. The van der Waals surface area contributed by atoms with Crippen molar-refractivity contribution in [2.45, 2.75) is 65.5 Å². The molecule has 1 saturated heterocycles. The monoisotopic (exact) mass is 514 g/mol. The summed E-state index contributed by atoms with van der Waals surface area (Å²) >= 11 is 0. The number of hydrogen-bond donors (Lipinski definition) is 1. The van der Waals surface area contributed by atoms with Crippen LogP contribution in [0.5, 0.6) is 5.88 Å². The molecule has 0 aliphatic carbocycles. The van der Waals surface area contributed by atoms with E-state index in [1.165, 1.54) is 24.0 Å². The van der Waals surface area contributed by atoms with Gasteiger partial charge in [-0.25, -0.2) is 14.2 Å². The maximum atomic E-state index is 13.4. The van der Waals surface area contributed by atoms with Gasteiger partial charge < -0.3 is 24.4 Å². The van der Waals surface area contributed by atoms with Crippen LogP contribution >= 0.6 is 0 Å². The van der Waals surface area contributed by atoms with E-state index in [2.05, 4.69) is 9.88 Å². The molecule has 0 saturated carbocycles. The van der Waals surface area contributed by atoms with Crippen molar-refractivity contribution >= 4 is 23.4 Å². The van der Waals surface area contributed by atoms with Gasteiger partial charge in [0, 0.05) is 55.8 Å². The summed E-state index contributed by atoms with van der Waals surface area (Å²) in [7, 11) is 0. The highest BCUT2D eigenvalue weighted by Gasteiger charge is 2.42. The van der Waals surface area contributed by atoms with E-state index in [0.29, 0.717) is 25.3 Å². The standard InChI is InChI=1S/C27H35FN4O5/c1-16-15-30(11-12-31(16)26(35)37-27(4,5)6)20-8-9-22-21(13-20)24(17(2)25(34)32(22)18(3)33)36-23-10-7-19(28)14-29-23/h7-10,13-14,16-17,24-25,34H,11-12,15H2,1-6H3/t16-,17+,24+,25-/m0/s1. The molecule has 37 heavy (non-hydrogen) atoms. The van der Waals surface area contributed by atoms with E-state index in [4.69, 9.17) is 9.47 Å². The number of piperazine rings is 1. The van der Waals surface area contributed by atoms with Crippen LogP contribution in [-0.2, 0) is 9.53 Å². The van der Waals surface area contributed by atoms with Crippen LogP contribution in [-0.4, -0.2) is 64.5 Å². The van der Waals surface area contributed by atoms with Gasteiger partial charge in [-0.05, 0) is 52.0 Å². The number of rotatable bonds is 3. The Morgan fingerprint density at radius 2 is 1.86 bits per heavy atom. The van der Waals surface area contributed by atoms with Crippen molar-refractivity contribution in [2.24, 2.45) is 5.92 Å². The first-order valence-corrected chi connectivity index (χ1v) is 12.5. The fraction of sp³-hybridized carbons (Fsp3) is 0.519. The third kappa shape index (κ3) is 5.64. The average molecular weight is 515 g/mol. The molecule has 0 unspecified atom stereocenters. The summed E-state index contributed by atoms with van der Waals surface area (Å²) in [6.45, 7) is 12.4. The number of aromatic nitrogens is 1. The van der Waals surface area contributed by atoms with Crippen LogP contribution in [0.1, 0.15) is 53.2 Å². The molecule has 0 spiro atoms. The second kappa shape index (κ2) is 10.2. The minimum Gasteiger partial charge on any atom is -0.469 e. The number of ether oxygens (including phenoxy) is 2. The molecule has 9 nitrogen and oxygen atoms in total. The average Bonchev–Trinajstić information content (AvgIpc) is 2.81. The van der Waals surface area contributed by atoms with E-state index in [0.717, 1.165) is 17.4 Å². The predicted molar refractivity (Wildman–Crippen MR) is 137 cm³/mol. The Kier molecular flexibility index (Phi) is 7.32. The Labute approximate surface area is 216 Å². The van der Waals surface area contributed by atoms with Gasteiger partial charge in [-0.15, -0.1) is 0 Å². The molecule has 10 heteroatoms. The van der Waals surface area contributed by atoms with Crippen LogP contribution < -0.4 is 14.5 Å². The molecule has 1 aromatic heterocycles. The summed E-state index contributed by atoms with van der Waals surface area (Å²) in [6.07, 6.45) is -0.979. The summed E-state index contributed by atoms with van der Waals surface area (Å²) in [6, 6.07) is 8.28. The zero-order valence-electron chi connectivity index (χ0n) is 22.1. The number of pyridine rings is 1. The number of aliphatic hydroxyl groups is 1. The molecule has 2 aliphatic heterocycles. The van der Waals surface area contributed by atoms with Gasteiger partial charge in [0.05, 0.1) is 11.9 Å². The molecule has 4 atom stereocenters. The van der Waals surface area contributed by atoms with Crippen molar-refractivity contribution in [1.82, 2.24) is 9.88 Å². The Morgan fingerprint density at radius 3 is 2.46 bits per heavy atom. The van der Waals surface area contributed by atoms with Crippen molar-refractivity contribution in [3.05, 3.63) is 47.9 Å². The number of anilines is 2. The number of carbonyl (C=O) groups excluding carboxylic acids is 2. The highest BCUT2D eigenvalue weighted by atomic mass is 19.1. The van der Waals surface area contributed by atoms with Gasteiger partial charge in [-0.2, -0.15) is 0 Å². The Bertz CT molecular complexity index is 1150. The fourth-order valence-electron chi connectivity index (χ4n) is 4.88. The first kappa shape index (κ1) is 26.7. The highest BCUT2D eigenvalue weighted by Crippen LogP contribution is 2.44. The Balaban J connectivity index is 1.63. The third-order valence-corrected chi connectivity index (χ3v) is 6.70. The van der Waals surface area contributed by atoms with Crippen LogP contribution in [0.4, 0.5) is 20.6 Å². The van der Waals surface area contributed by atoms with Gasteiger partial charge in [0.1, 0.15) is 23.8 Å². The van der Waals surface area contributed by atoms with E-state index in [9.17, 15) is 19.1 Å². The first-order chi connectivity index (χ1) is 17.4. The SMILES string of the molecule is CC(=O)N1c2ccc(N3CCN(C(=O)OC(C)(C)C)[C@@H](C)C3)cc2[C@H](Oc2ccc(F)cn2)[C@@H](C)[C@@H]1O. The largest absolute Gasteiger partial charge is 0.469 e. The number of nitrogens with zero attached hydrogens (tertiary/aromatic N) is 4. The molecule has 4 rings (SSSR count). The van der Waals surface area contributed by atoms with E-state index in [1.807, 2.05) is 39.8 Å². The van der Waals surface area contributed by atoms with Gasteiger partial charge in [0.15, 0.2) is 0 Å². The number of benzene rings is 1. The van der Waals surface area contributed by atoms with Crippen LogP contribution in [0.25, 0.3) is 0 Å². The zero-order chi connectivity index (χ0) is 27.1. The lowest BCUT2D eigenvalue weighted by atomic mass is 9.88. The number of aliphatic hydroxyl groups excluding tert-OH is 1. The van der Waals surface area contributed by atoms with E-state index >= 15 is 0 Å². The second-order valence-corrected chi connectivity index (χ2v) is 10.7. The number of halogens is 1. The van der Waals surface area contributed by atoms with Gasteiger partial charge in [-0.1, -0.05) is 6.92 Å². The maximum absolute atomic E-state index is 13.4. The van der Waals surface area contributed by atoms with E-state index in [-0.39, 0.29) is 23.9 Å². The number of hydrogen-bond acceptors (Lipinski definition) is 7. The molecule has 1 aromatic carbocycles. The van der Waals surface area contributed by atoms with Crippen molar-refractivity contribution in [1.29, 1.82) is 0 Å². The second-order valence-electron chi connectivity index (χ2n) is 10.7. The Hall–Kier alpha value is -3.40. The van der Waals surface area contributed by atoms with Gasteiger partial charge in [-0.3, -0.25) is 9.69 Å². The molecule has 0 bridgehead atoms. The highest BCUT2D eigenvalue weighted by molar-refractivity contribution is 5.94. The van der Waals surface area contributed by atoms with Gasteiger partial charge in [0.2, 0.25) is 11.8 Å². The minimum atomic E-state index is -1.10. The first-order valence-electron chi connectivity index (χ1n) is 12.5. The van der Waals surface area contributed by atoms with Gasteiger partial charge >= 0.3 is 6.09 Å². The topological polar surface area (TPSA) is 95.4 Å². The van der Waals surface area contributed by atoms with Crippen molar-refractivity contribution in [3.8, 4) is 5.88 Å². The van der Waals surface area contributed by atoms with Crippen LogP contribution in [0.3, 0.4) is 0 Å². The summed E-state index contributed by atoms with van der Waals surface area (Å²) in [5.41, 5.74) is 1.61. The van der Waals surface area contributed by atoms with E-state index < -0.39 is 29.7 Å². The maximum Gasteiger partial charge on any atom is 0.410 e. The predicted octanol–water partition coefficient (Wildman–Crippen LogP) is 4.11. The normalized spacial score (nSPS) is 23.9. The van der Waals surface area contributed by atoms with Crippen molar-refractivity contribution < 1.29 is 28.6 Å². The van der Waals surface area contributed by atoms with Crippen LogP contribution in [0.2, 0.25) is 0 Å². The summed E-state index contributed by atoms with van der Waals surface area (Å²) < 4.78 is 25.1. The van der Waals surface area contributed by atoms with Gasteiger partial charge in [0.25, 0.3) is 0 Å². The number of fused-ring (bicyclic) bond motifs is 1. The molecule has 3 heterocycles. The minimum absolute atomic E-state index is 0.0791. The molecule has 2 aromatic rings. The molecule has 2 aliphatic rings. The molecular formula is C27H35FN4O5. The number of carbonyl (C=O) groups is 2. The van der Waals surface area contributed by atoms with Crippen LogP contribution in [0, 0.1) is 11.7 Å². The van der Waals surface area contributed by atoms with Crippen molar-refractivity contribution in [3.63, 3.8) is 0 Å².